The Kier molecular flexibility index (Phi) is 3.86. The number of aromatic nitrogens is 2. The summed E-state index contributed by atoms with van der Waals surface area (Å²) in [6, 6.07) is 13.2. The van der Waals surface area contributed by atoms with Crippen LogP contribution in [0.5, 0.6) is 0 Å². The molecule has 106 valence electrons. The maximum Gasteiger partial charge on any atom is 0.140 e. The van der Waals surface area contributed by atoms with Gasteiger partial charge in [0.25, 0.3) is 0 Å². The number of nitrogens with two attached hydrogens (primary N) is 1. The number of imidazole rings is 1. The molecule has 0 atom stereocenters. The van der Waals surface area contributed by atoms with E-state index in [-0.39, 0.29) is 0 Å². The first-order valence-corrected chi connectivity index (χ1v) is 7.20. The average molecular weight is 318 g/mol. The number of rotatable bonds is 3. The van der Waals surface area contributed by atoms with Gasteiger partial charge in [0.1, 0.15) is 5.82 Å². The number of hydrogen-bond donors (Lipinski definition) is 1. The van der Waals surface area contributed by atoms with Crippen molar-refractivity contribution < 1.29 is 0 Å². The minimum absolute atomic E-state index is 0.589. The van der Waals surface area contributed by atoms with E-state index < -0.39 is 0 Å². The van der Waals surface area contributed by atoms with Crippen LogP contribution in [0.2, 0.25) is 10.0 Å². The molecule has 5 heteroatoms. The lowest BCUT2D eigenvalue weighted by atomic mass is 10.1. The van der Waals surface area contributed by atoms with Gasteiger partial charge in [0.05, 0.1) is 6.54 Å². The van der Waals surface area contributed by atoms with Crippen LogP contribution in [-0.2, 0) is 6.54 Å². The van der Waals surface area contributed by atoms with E-state index in [9.17, 15) is 0 Å². The summed E-state index contributed by atoms with van der Waals surface area (Å²) in [7, 11) is 0. The molecule has 0 spiro atoms. The van der Waals surface area contributed by atoms with Gasteiger partial charge in [-0.15, -0.1) is 0 Å². The molecule has 21 heavy (non-hydrogen) atoms. The van der Waals surface area contributed by atoms with Gasteiger partial charge in [0.2, 0.25) is 0 Å². The van der Waals surface area contributed by atoms with Gasteiger partial charge >= 0.3 is 0 Å². The molecule has 3 rings (SSSR count). The van der Waals surface area contributed by atoms with E-state index in [0.717, 1.165) is 22.6 Å². The maximum atomic E-state index is 6.06. The predicted octanol–water partition coefficient (Wildman–Crippen LogP) is 4.49. The molecular weight excluding hydrogens is 305 g/mol. The Morgan fingerprint density at radius 1 is 1.05 bits per heavy atom. The molecule has 0 amide bonds. The quantitative estimate of drug-likeness (QED) is 0.723. The van der Waals surface area contributed by atoms with E-state index in [1.807, 2.05) is 47.2 Å². The second-order valence-electron chi connectivity index (χ2n) is 4.74. The molecule has 0 bridgehead atoms. The van der Waals surface area contributed by atoms with E-state index in [1.54, 1.807) is 12.3 Å². The van der Waals surface area contributed by atoms with E-state index in [0.29, 0.717) is 16.6 Å². The van der Waals surface area contributed by atoms with Crippen molar-refractivity contribution in [3.05, 3.63) is 70.5 Å². The molecule has 0 radical (unpaired) electrons. The van der Waals surface area contributed by atoms with Gasteiger partial charge < -0.3 is 10.3 Å². The molecule has 1 aromatic heterocycles. The molecule has 2 N–H and O–H groups in total. The third kappa shape index (κ3) is 3.04. The van der Waals surface area contributed by atoms with Gasteiger partial charge in [-0.25, -0.2) is 4.98 Å². The minimum atomic E-state index is 0.589. The van der Waals surface area contributed by atoms with Crippen LogP contribution >= 0.6 is 23.2 Å². The molecular formula is C16H13Cl2N3. The lowest BCUT2D eigenvalue weighted by molar-refractivity contribution is 0.809. The molecule has 0 aliphatic heterocycles. The number of halogens is 2. The van der Waals surface area contributed by atoms with Gasteiger partial charge in [0, 0.05) is 33.7 Å². The van der Waals surface area contributed by atoms with Gasteiger partial charge in [0.15, 0.2) is 0 Å². The summed E-state index contributed by atoms with van der Waals surface area (Å²) in [6.45, 7) is 0.645. The first kappa shape index (κ1) is 14.0. The Hall–Kier alpha value is -1.97. The number of para-hydroxylation sites is 1. The molecule has 2 aromatic carbocycles. The van der Waals surface area contributed by atoms with Crippen LogP contribution in [-0.4, -0.2) is 9.55 Å². The summed E-state index contributed by atoms with van der Waals surface area (Å²) < 4.78 is 2.02. The first-order valence-electron chi connectivity index (χ1n) is 6.44. The highest BCUT2D eigenvalue weighted by Crippen LogP contribution is 2.27. The fourth-order valence-electron chi connectivity index (χ4n) is 2.24. The Labute approximate surface area is 132 Å². The molecule has 0 saturated carbocycles. The van der Waals surface area contributed by atoms with Crippen molar-refractivity contribution in [2.45, 2.75) is 6.54 Å². The van der Waals surface area contributed by atoms with Gasteiger partial charge in [-0.1, -0.05) is 41.4 Å². The van der Waals surface area contributed by atoms with Crippen LogP contribution in [0.25, 0.3) is 11.4 Å². The second kappa shape index (κ2) is 5.80. The lowest BCUT2D eigenvalue weighted by Crippen LogP contribution is -2.03. The Morgan fingerprint density at radius 3 is 2.48 bits per heavy atom. The van der Waals surface area contributed by atoms with Crippen LogP contribution in [0.15, 0.2) is 54.9 Å². The lowest BCUT2D eigenvalue weighted by Gasteiger charge is -2.10. The summed E-state index contributed by atoms with van der Waals surface area (Å²) in [5.41, 5.74) is 8.69. The Morgan fingerprint density at radius 2 is 1.76 bits per heavy atom. The summed E-state index contributed by atoms with van der Waals surface area (Å²) in [5.74, 6) is 0.808. The van der Waals surface area contributed by atoms with Crippen molar-refractivity contribution in [2.24, 2.45) is 0 Å². The molecule has 0 saturated heterocycles. The highest BCUT2D eigenvalue weighted by atomic mass is 35.5. The summed E-state index contributed by atoms with van der Waals surface area (Å²) in [6.07, 6.45) is 3.67. The summed E-state index contributed by atoms with van der Waals surface area (Å²) in [4.78, 5) is 4.40. The van der Waals surface area contributed by atoms with Crippen molar-refractivity contribution in [3.63, 3.8) is 0 Å². The van der Waals surface area contributed by atoms with Gasteiger partial charge in [-0.3, -0.25) is 0 Å². The number of nitrogen functional groups attached to an aromatic ring is 1. The fourth-order valence-corrected chi connectivity index (χ4v) is 2.77. The highest BCUT2D eigenvalue weighted by molar-refractivity contribution is 6.35. The van der Waals surface area contributed by atoms with Crippen molar-refractivity contribution in [1.82, 2.24) is 9.55 Å². The van der Waals surface area contributed by atoms with Crippen LogP contribution in [0.1, 0.15) is 5.56 Å². The van der Waals surface area contributed by atoms with Crippen LogP contribution < -0.4 is 5.73 Å². The average Bonchev–Trinajstić information content (AvgIpc) is 2.88. The molecule has 0 aliphatic carbocycles. The third-order valence-electron chi connectivity index (χ3n) is 3.23. The zero-order valence-corrected chi connectivity index (χ0v) is 12.6. The number of hydrogen-bond acceptors (Lipinski definition) is 2. The van der Waals surface area contributed by atoms with Crippen LogP contribution in [0.4, 0.5) is 5.69 Å². The third-order valence-corrected chi connectivity index (χ3v) is 3.67. The standard InChI is InChI=1S/C16H13Cl2N3/c17-13-7-12(8-14(18)9-13)16-20-5-6-21(16)10-11-3-1-2-4-15(11)19/h1-9H,10,19H2. The molecule has 3 aromatic rings. The van der Waals surface area contributed by atoms with E-state index in [2.05, 4.69) is 4.98 Å². The number of benzene rings is 2. The van der Waals surface area contributed by atoms with Crippen molar-refractivity contribution >= 4 is 28.9 Å². The topological polar surface area (TPSA) is 43.8 Å². The molecule has 0 fully saturated rings. The van der Waals surface area contributed by atoms with Gasteiger partial charge in [-0.05, 0) is 29.8 Å². The summed E-state index contributed by atoms with van der Waals surface area (Å²) in [5, 5.41) is 1.18. The zero-order valence-electron chi connectivity index (χ0n) is 11.1. The predicted molar refractivity (Wildman–Crippen MR) is 87.6 cm³/mol. The Balaban J connectivity index is 1.99. The summed E-state index contributed by atoms with van der Waals surface area (Å²) >= 11 is 12.1. The molecule has 0 unspecified atom stereocenters. The molecule has 0 aliphatic rings. The van der Waals surface area contributed by atoms with Crippen molar-refractivity contribution in [2.75, 3.05) is 5.73 Å². The fraction of sp³-hybridized carbons (Fsp3) is 0.0625. The van der Waals surface area contributed by atoms with Crippen molar-refractivity contribution in [1.29, 1.82) is 0 Å². The number of anilines is 1. The monoisotopic (exact) mass is 317 g/mol. The number of nitrogens with zero attached hydrogens (tertiary/aromatic N) is 2. The highest BCUT2D eigenvalue weighted by Gasteiger charge is 2.09. The van der Waals surface area contributed by atoms with Crippen LogP contribution in [0, 0.1) is 0 Å². The molecule has 1 heterocycles. The SMILES string of the molecule is Nc1ccccc1Cn1ccnc1-c1cc(Cl)cc(Cl)c1. The maximum absolute atomic E-state index is 6.06. The first-order chi connectivity index (χ1) is 10.1. The van der Waals surface area contributed by atoms with E-state index >= 15 is 0 Å². The normalized spacial score (nSPS) is 10.8. The smallest absolute Gasteiger partial charge is 0.140 e. The van der Waals surface area contributed by atoms with Gasteiger partial charge in [-0.2, -0.15) is 0 Å². The second-order valence-corrected chi connectivity index (χ2v) is 5.61. The molecule has 3 nitrogen and oxygen atoms in total. The Bertz CT molecular complexity index is 760. The zero-order chi connectivity index (χ0) is 14.8. The van der Waals surface area contributed by atoms with Crippen LogP contribution in [0.3, 0.4) is 0 Å². The van der Waals surface area contributed by atoms with E-state index in [4.69, 9.17) is 28.9 Å². The van der Waals surface area contributed by atoms with E-state index in [1.165, 1.54) is 0 Å². The largest absolute Gasteiger partial charge is 0.398 e. The van der Waals surface area contributed by atoms with Crippen molar-refractivity contribution in [3.8, 4) is 11.4 Å². The minimum Gasteiger partial charge on any atom is -0.398 e.